The lowest BCUT2D eigenvalue weighted by atomic mass is 9.89. The van der Waals surface area contributed by atoms with E-state index >= 15 is 0 Å². The number of rotatable bonds is 3. The molecule has 4 heterocycles. The highest BCUT2D eigenvalue weighted by Crippen LogP contribution is 2.35. The Labute approximate surface area is 164 Å². The van der Waals surface area contributed by atoms with Crippen LogP contribution in [0.15, 0.2) is 33.1 Å². The van der Waals surface area contributed by atoms with Crippen LogP contribution >= 0.6 is 22.7 Å². The predicted octanol–water partition coefficient (Wildman–Crippen LogP) is 4.66. The Hall–Kier alpha value is -2.25. The number of aryl methyl sites for hydroxylation is 2. The van der Waals surface area contributed by atoms with Crippen molar-refractivity contribution in [3.05, 3.63) is 56.1 Å². The minimum absolute atomic E-state index is 0.0344. The number of thiophene rings is 2. The largest absolute Gasteiger partial charge is 0.440 e. The third-order valence-electron chi connectivity index (χ3n) is 5.23. The van der Waals surface area contributed by atoms with Crippen LogP contribution in [-0.4, -0.2) is 14.5 Å². The first-order valence-corrected chi connectivity index (χ1v) is 10.8. The molecule has 0 amide bonds. The van der Waals surface area contributed by atoms with Crippen molar-refractivity contribution in [1.82, 2.24) is 14.5 Å². The van der Waals surface area contributed by atoms with Gasteiger partial charge in [-0.2, -0.15) is 0 Å². The molecule has 0 saturated carbocycles. The molecule has 1 aliphatic carbocycles. The van der Waals surface area contributed by atoms with Crippen LogP contribution < -0.4 is 5.56 Å². The van der Waals surface area contributed by atoms with Crippen molar-refractivity contribution in [3.8, 4) is 10.8 Å². The van der Waals surface area contributed by atoms with Crippen LogP contribution in [-0.2, 0) is 19.4 Å². The molecule has 5 nitrogen and oxygen atoms in total. The van der Waals surface area contributed by atoms with E-state index in [-0.39, 0.29) is 5.56 Å². The van der Waals surface area contributed by atoms with Crippen LogP contribution in [0.2, 0.25) is 0 Å². The van der Waals surface area contributed by atoms with Gasteiger partial charge in [0.1, 0.15) is 16.3 Å². The van der Waals surface area contributed by atoms with Gasteiger partial charge in [0.25, 0.3) is 5.56 Å². The Bertz CT molecular complexity index is 1180. The van der Waals surface area contributed by atoms with Gasteiger partial charge in [-0.1, -0.05) is 13.0 Å². The highest BCUT2D eigenvalue weighted by atomic mass is 32.1. The fraction of sp³-hybridized carbons (Fsp3) is 0.350. The summed E-state index contributed by atoms with van der Waals surface area (Å²) in [4.78, 5) is 25.6. The SMILES string of the molecule is Cc1oc(-c2cccs2)nc1Cn1cnc2sc3c(c2c1=O)CCC(C)C3. The molecule has 1 aliphatic rings. The van der Waals surface area contributed by atoms with Gasteiger partial charge in [0, 0.05) is 4.88 Å². The number of oxazole rings is 1. The van der Waals surface area contributed by atoms with Crippen molar-refractivity contribution in [3.63, 3.8) is 0 Å². The Morgan fingerprint density at radius 3 is 3.11 bits per heavy atom. The molecule has 0 bridgehead atoms. The Morgan fingerprint density at radius 1 is 1.41 bits per heavy atom. The second-order valence-electron chi connectivity index (χ2n) is 7.21. The van der Waals surface area contributed by atoms with E-state index in [0.29, 0.717) is 18.4 Å². The lowest BCUT2D eigenvalue weighted by molar-refractivity contribution is 0.509. The van der Waals surface area contributed by atoms with Gasteiger partial charge in [0.2, 0.25) is 5.89 Å². The van der Waals surface area contributed by atoms with Crippen LogP contribution in [0.1, 0.15) is 35.2 Å². The maximum absolute atomic E-state index is 13.2. The first-order valence-electron chi connectivity index (χ1n) is 9.10. The number of hydrogen-bond donors (Lipinski definition) is 0. The second-order valence-corrected chi connectivity index (χ2v) is 9.24. The van der Waals surface area contributed by atoms with E-state index in [0.717, 1.165) is 45.8 Å². The monoisotopic (exact) mass is 397 g/mol. The molecular weight excluding hydrogens is 378 g/mol. The zero-order valence-corrected chi connectivity index (χ0v) is 16.8. The van der Waals surface area contributed by atoms with Gasteiger partial charge in [-0.3, -0.25) is 9.36 Å². The Balaban J connectivity index is 1.55. The molecule has 0 aromatic carbocycles. The quantitative estimate of drug-likeness (QED) is 0.505. The summed E-state index contributed by atoms with van der Waals surface area (Å²) in [6.45, 7) is 4.55. The summed E-state index contributed by atoms with van der Waals surface area (Å²) in [7, 11) is 0. The molecule has 1 atom stereocenters. The minimum Gasteiger partial charge on any atom is -0.440 e. The summed E-state index contributed by atoms with van der Waals surface area (Å²) >= 11 is 3.27. The van der Waals surface area contributed by atoms with Crippen LogP contribution in [0.3, 0.4) is 0 Å². The smallest absolute Gasteiger partial charge is 0.262 e. The summed E-state index contributed by atoms with van der Waals surface area (Å²) in [5.74, 6) is 2.04. The lowest BCUT2D eigenvalue weighted by Gasteiger charge is -2.17. The van der Waals surface area contributed by atoms with Crippen LogP contribution in [0.5, 0.6) is 0 Å². The van der Waals surface area contributed by atoms with E-state index in [1.807, 2.05) is 24.4 Å². The lowest BCUT2D eigenvalue weighted by Crippen LogP contribution is -2.22. The van der Waals surface area contributed by atoms with Crippen molar-refractivity contribution < 1.29 is 4.42 Å². The summed E-state index contributed by atoms with van der Waals surface area (Å²) in [6.07, 6.45) is 4.82. The highest BCUT2D eigenvalue weighted by Gasteiger charge is 2.23. The summed E-state index contributed by atoms with van der Waals surface area (Å²) in [6, 6.07) is 3.96. The molecular formula is C20H19N3O2S2. The van der Waals surface area contributed by atoms with Gasteiger partial charge in [-0.05, 0) is 49.1 Å². The van der Waals surface area contributed by atoms with Gasteiger partial charge < -0.3 is 4.42 Å². The van der Waals surface area contributed by atoms with Crippen LogP contribution in [0.4, 0.5) is 0 Å². The molecule has 0 spiro atoms. The molecule has 4 aromatic heterocycles. The normalized spacial score (nSPS) is 16.7. The summed E-state index contributed by atoms with van der Waals surface area (Å²) in [5, 5.41) is 2.81. The molecule has 5 rings (SSSR count). The third kappa shape index (κ3) is 2.85. The highest BCUT2D eigenvalue weighted by molar-refractivity contribution is 7.18. The topological polar surface area (TPSA) is 60.9 Å². The average molecular weight is 398 g/mol. The molecule has 0 aliphatic heterocycles. The molecule has 0 fully saturated rings. The second kappa shape index (κ2) is 6.42. The van der Waals surface area contributed by atoms with Crippen molar-refractivity contribution in [2.24, 2.45) is 5.92 Å². The Morgan fingerprint density at radius 2 is 2.30 bits per heavy atom. The molecule has 0 radical (unpaired) electrons. The van der Waals surface area contributed by atoms with E-state index in [2.05, 4.69) is 16.9 Å². The maximum atomic E-state index is 13.2. The summed E-state index contributed by atoms with van der Waals surface area (Å²) in [5.41, 5.74) is 2.03. The zero-order valence-electron chi connectivity index (χ0n) is 15.2. The van der Waals surface area contributed by atoms with E-state index in [9.17, 15) is 4.79 Å². The molecule has 0 N–H and O–H groups in total. The Kier molecular flexibility index (Phi) is 4.02. The number of hydrogen-bond acceptors (Lipinski definition) is 6. The van der Waals surface area contributed by atoms with Crippen molar-refractivity contribution in [2.75, 3.05) is 0 Å². The fourth-order valence-electron chi connectivity index (χ4n) is 3.72. The van der Waals surface area contributed by atoms with E-state index in [1.165, 1.54) is 10.4 Å². The summed E-state index contributed by atoms with van der Waals surface area (Å²) < 4.78 is 7.47. The van der Waals surface area contributed by atoms with Gasteiger partial charge in [0.15, 0.2) is 0 Å². The van der Waals surface area contributed by atoms with Gasteiger partial charge in [0.05, 0.1) is 23.1 Å². The van der Waals surface area contributed by atoms with E-state index < -0.39 is 0 Å². The first kappa shape index (κ1) is 16.9. The standard InChI is InChI=1S/C20H19N3O2S2/c1-11-5-6-13-16(8-11)27-19-17(13)20(24)23(10-21-19)9-14-12(2)25-18(22-14)15-4-3-7-26-15/h3-4,7,10-11H,5-6,8-9H2,1-2H3. The van der Waals surface area contributed by atoms with Gasteiger partial charge in [-0.15, -0.1) is 22.7 Å². The molecule has 27 heavy (non-hydrogen) atoms. The molecule has 138 valence electrons. The van der Waals surface area contributed by atoms with Crippen molar-refractivity contribution in [2.45, 2.75) is 39.7 Å². The predicted molar refractivity (Wildman–Crippen MR) is 109 cm³/mol. The number of aromatic nitrogens is 3. The molecule has 7 heteroatoms. The van der Waals surface area contributed by atoms with Crippen molar-refractivity contribution >= 4 is 32.9 Å². The third-order valence-corrected chi connectivity index (χ3v) is 7.25. The number of nitrogens with zero attached hydrogens (tertiary/aromatic N) is 3. The van der Waals surface area contributed by atoms with Crippen LogP contribution in [0, 0.1) is 12.8 Å². The van der Waals surface area contributed by atoms with E-state index in [4.69, 9.17) is 4.42 Å². The fourth-order valence-corrected chi connectivity index (χ4v) is 5.71. The van der Waals surface area contributed by atoms with Crippen LogP contribution in [0.25, 0.3) is 21.0 Å². The number of fused-ring (bicyclic) bond motifs is 3. The maximum Gasteiger partial charge on any atom is 0.262 e. The van der Waals surface area contributed by atoms with E-state index in [1.54, 1.807) is 33.6 Å². The molecule has 0 saturated heterocycles. The van der Waals surface area contributed by atoms with Gasteiger partial charge in [-0.25, -0.2) is 9.97 Å². The van der Waals surface area contributed by atoms with Crippen molar-refractivity contribution in [1.29, 1.82) is 0 Å². The molecule has 4 aromatic rings. The minimum atomic E-state index is 0.0344. The first-order chi connectivity index (χ1) is 13.1. The zero-order chi connectivity index (χ0) is 18.5. The average Bonchev–Trinajstić information content (AvgIpc) is 3.36. The van der Waals surface area contributed by atoms with Gasteiger partial charge >= 0.3 is 0 Å². The molecule has 1 unspecified atom stereocenters.